The number of halogens is 1. The van der Waals surface area contributed by atoms with Crippen LogP contribution in [0.4, 0.5) is 0 Å². The number of ether oxygens (including phenoxy) is 1. The van der Waals surface area contributed by atoms with Crippen LogP contribution < -0.4 is 4.74 Å². The van der Waals surface area contributed by atoms with E-state index in [1.165, 1.54) is 0 Å². The minimum atomic E-state index is 0.119. The van der Waals surface area contributed by atoms with Crippen molar-refractivity contribution in [2.75, 3.05) is 7.11 Å². The van der Waals surface area contributed by atoms with Crippen molar-refractivity contribution >= 4 is 28.3 Å². The second-order valence-corrected chi connectivity index (χ2v) is 5.21. The fourth-order valence-corrected chi connectivity index (χ4v) is 2.68. The lowest BCUT2D eigenvalue weighted by Gasteiger charge is -2.24. The van der Waals surface area contributed by atoms with E-state index in [1.807, 2.05) is 18.2 Å². The highest BCUT2D eigenvalue weighted by atomic mass is 35.5. The summed E-state index contributed by atoms with van der Waals surface area (Å²) in [7, 11) is 1.60. The number of nitrogens with zero attached hydrogens (tertiary/aromatic N) is 1. The Bertz CT molecular complexity index is 650. The topological polar surface area (TPSA) is 39.2 Å². The van der Waals surface area contributed by atoms with Gasteiger partial charge in [-0.2, -0.15) is 0 Å². The van der Waals surface area contributed by atoms with Gasteiger partial charge in [-0.3, -0.25) is 9.78 Å². The summed E-state index contributed by atoms with van der Waals surface area (Å²) in [5.74, 6) is 0.915. The van der Waals surface area contributed by atoms with Crippen molar-refractivity contribution in [2.45, 2.75) is 19.3 Å². The Kier molecular flexibility index (Phi) is 3.15. The Hall–Kier alpha value is -1.61. The summed E-state index contributed by atoms with van der Waals surface area (Å²) in [4.78, 5) is 16.6. The molecule has 0 radical (unpaired) electrons. The predicted molar refractivity (Wildman–Crippen MR) is 75.0 cm³/mol. The zero-order chi connectivity index (χ0) is 13.4. The Morgan fingerprint density at radius 3 is 2.84 bits per heavy atom. The van der Waals surface area contributed by atoms with Crippen molar-refractivity contribution < 1.29 is 9.53 Å². The van der Waals surface area contributed by atoms with Gasteiger partial charge in [-0.25, -0.2) is 0 Å². The first kappa shape index (κ1) is 12.4. The average molecular weight is 276 g/mol. The molecule has 0 bridgehead atoms. The Labute approximate surface area is 116 Å². The zero-order valence-corrected chi connectivity index (χ0v) is 11.4. The molecule has 1 aromatic heterocycles. The molecule has 1 heterocycles. The monoisotopic (exact) mass is 275 g/mol. The minimum Gasteiger partial charge on any atom is -0.494 e. The number of fused-ring (bicyclic) bond motifs is 1. The number of Topliss-reactive ketones (excluding diaryl/α,β-unsaturated/α-hetero) is 1. The molecule has 3 nitrogen and oxygen atoms in total. The molecule has 0 spiro atoms. The maximum absolute atomic E-state index is 12.3. The molecular formula is C15H14ClNO2. The summed E-state index contributed by atoms with van der Waals surface area (Å²) < 4.78 is 5.26. The first-order valence-corrected chi connectivity index (χ1v) is 6.75. The fraction of sp³-hybridized carbons (Fsp3) is 0.333. The predicted octanol–water partition coefficient (Wildman–Crippen LogP) is 3.88. The van der Waals surface area contributed by atoms with Gasteiger partial charge in [-0.15, -0.1) is 0 Å². The second-order valence-electron chi connectivity index (χ2n) is 4.83. The maximum Gasteiger partial charge on any atom is 0.169 e. The SMILES string of the molecule is COc1cccc2c(Cl)c(C(=O)C3CCC3)cnc12. The van der Waals surface area contributed by atoms with E-state index < -0.39 is 0 Å². The van der Waals surface area contributed by atoms with Crippen LogP contribution >= 0.6 is 11.6 Å². The highest BCUT2D eigenvalue weighted by Crippen LogP contribution is 2.35. The van der Waals surface area contributed by atoms with Crippen LogP contribution in [0, 0.1) is 5.92 Å². The first-order valence-electron chi connectivity index (χ1n) is 6.38. The van der Waals surface area contributed by atoms with Crippen molar-refractivity contribution in [3.8, 4) is 5.75 Å². The number of methoxy groups -OCH3 is 1. The van der Waals surface area contributed by atoms with Gasteiger partial charge in [-0.05, 0) is 18.9 Å². The molecule has 1 fully saturated rings. The van der Waals surface area contributed by atoms with E-state index in [-0.39, 0.29) is 11.7 Å². The fourth-order valence-electron chi connectivity index (χ4n) is 2.39. The van der Waals surface area contributed by atoms with Crippen molar-refractivity contribution in [1.82, 2.24) is 4.98 Å². The van der Waals surface area contributed by atoms with E-state index in [4.69, 9.17) is 16.3 Å². The Morgan fingerprint density at radius 2 is 2.21 bits per heavy atom. The van der Waals surface area contributed by atoms with E-state index in [0.717, 1.165) is 24.6 Å². The summed E-state index contributed by atoms with van der Waals surface area (Å²) >= 11 is 6.37. The molecule has 4 heteroatoms. The van der Waals surface area contributed by atoms with Crippen LogP contribution in [0.25, 0.3) is 10.9 Å². The number of pyridine rings is 1. The summed E-state index contributed by atoms with van der Waals surface area (Å²) in [6, 6.07) is 5.55. The highest BCUT2D eigenvalue weighted by molar-refractivity contribution is 6.38. The van der Waals surface area contributed by atoms with E-state index >= 15 is 0 Å². The quantitative estimate of drug-likeness (QED) is 0.798. The molecule has 19 heavy (non-hydrogen) atoms. The number of benzene rings is 1. The van der Waals surface area contributed by atoms with Gasteiger partial charge in [0.2, 0.25) is 0 Å². The minimum absolute atomic E-state index is 0.119. The van der Waals surface area contributed by atoms with E-state index in [9.17, 15) is 4.79 Å². The van der Waals surface area contributed by atoms with Crippen LogP contribution in [0.2, 0.25) is 5.02 Å². The maximum atomic E-state index is 12.3. The molecule has 0 atom stereocenters. The molecule has 1 aromatic carbocycles. The van der Waals surface area contributed by atoms with Crippen LogP contribution in [0.15, 0.2) is 24.4 Å². The zero-order valence-electron chi connectivity index (χ0n) is 10.6. The standard InChI is InChI=1S/C15H14ClNO2/c1-19-12-7-3-6-10-13(16)11(8-17-14(10)12)15(18)9-4-2-5-9/h3,6-9H,2,4-5H2,1H3. The molecule has 3 rings (SSSR count). The summed E-state index contributed by atoms with van der Waals surface area (Å²) in [5, 5.41) is 1.26. The van der Waals surface area contributed by atoms with Gasteiger partial charge in [0.1, 0.15) is 11.3 Å². The van der Waals surface area contributed by atoms with Gasteiger partial charge >= 0.3 is 0 Å². The third-order valence-electron chi connectivity index (χ3n) is 3.76. The Balaban J connectivity index is 2.13. The van der Waals surface area contributed by atoms with Gasteiger partial charge in [0.15, 0.2) is 5.78 Å². The molecule has 0 aliphatic heterocycles. The number of aromatic nitrogens is 1. The first-order chi connectivity index (χ1) is 9.22. The molecule has 1 aliphatic carbocycles. The number of para-hydroxylation sites is 1. The van der Waals surface area contributed by atoms with Crippen LogP contribution in [-0.4, -0.2) is 17.9 Å². The smallest absolute Gasteiger partial charge is 0.169 e. The Morgan fingerprint density at radius 1 is 1.42 bits per heavy atom. The van der Waals surface area contributed by atoms with Crippen LogP contribution in [0.3, 0.4) is 0 Å². The number of rotatable bonds is 3. The lowest BCUT2D eigenvalue weighted by atomic mass is 9.80. The van der Waals surface area contributed by atoms with Gasteiger partial charge in [0, 0.05) is 17.5 Å². The lowest BCUT2D eigenvalue weighted by Crippen LogP contribution is -2.22. The number of carbonyl (C=O) groups is 1. The highest BCUT2D eigenvalue weighted by Gasteiger charge is 2.28. The molecule has 0 unspecified atom stereocenters. The number of hydrogen-bond donors (Lipinski definition) is 0. The third-order valence-corrected chi connectivity index (χ3v) is 4.16. The van der Waals surface area contributed by atoms with Crippen LogP contribution in [0.1, 0.15) is 29.6 Å². The van der Waals surface area contributed by atoms with Crippen LogP contribution in [0.5, 0.6) is 5.75 Å². The van der Waals surface area contributed by atoms with Gasteiger partial charge in [0.05, 0.1) is 17.7 Å². The lowest BCUT2D eigenvalue weighted by molar-refractivity contribution is 0.0855. The normalized spacial score (nSPS) is 15.3. The van der Waals surface area contributed by atoms with Crippen LogP contribution in [-0.2, 0) is 0 Å². The molecule has 98 valence electrons. The molecule has 0 N–H and O–H groups in total. The van der Waals surface area contributed by atoms with E-state index in [0.29, 0.717) is 21.9 Å². The van der Waals surface area contributed by atoms with Gasteiger partial charge in [0.25, 0.3) is 0 Å². The molecule has 1 aliphatic rings. The summed E-state index contributed by atoms with van der Waals surface area (Å²) in [5.41, 5.74) is 1.23. The summed E-state index contributed by atoms with van der Waals surface area (Å²) in [6.45, 7) is 0. The number of ketones is 1. The van der Waals surface area contributed by atoms with Crippen molar-refractivity contribution in [3.63, 3.8) is 0 Å². The molecule has 0 saturated heterocycles. The molecule has 0 amide bonds. The molecule has 1 saturated carbocycles. The van der Waals surface area contributed by atoms with E-state index in [1.54, 1.807) is 13.3 Å². The number of carbonyl (C=O) groups excluding carboxylic acids is 1. The molecular weight excluding hydrogens is 262 g/mol. The van der Waals surface area contributed by atoms with Crippen molar-refractivity contribution in [3.05, 3.63) is 35.0 Å². The van der Waals surface area contributed by atoms with E-state index in [2.05, 4.69) is 4.98 Å². The largest absolute Gasteiger partial charge is 0.494 e. The summed E-state index contributed by atoms with van der Waals surface area (Å²) in [6.07, 6.45) is 4.63. The van der Waals surface area contributed by atoms with Gasteiger partial charge < -0.3 is 4.74 Å². The number of hydrogen-bond acceptors (Lipinski definition) is 3. The average Bonchev–Trinajstić information content (AvgIpc) is 2.36. The molecule has 2 aromatic rings. The second kappa shape index (κ2) is 4.82. The van der Waals surface area contributed by atoms with Crippen molar-refractivity contribution in [1.29, 1.82) is 0 Å². The van der Waals surface area contributed by atoms with Crippen molar-refractivity contribution in [2.24, 2.45) is 5.92 Å². The van der Waals surface area contributed by atoms with Gasteiger partial charge in [-0.1, -0.05) is 30.2 Å². The third kappa shape index (κ3) is 1.98.